The Morgan fingerprint density at radius 3 is 2.86 bits per heavy atom. The molecule has 6 aliphatic rings. The third-order valence-electron chi connectivity index (χ3n) is 8.56. The van der Waals surface area contributed by atoms with Crippen molar-refractivity contribution in [2.45, 2.75) is 56.3 Å². The molecule has 0 radical (unpaired) electrons. The standard InChI is InChI=1S/C23H28N2O3/c1-5-13-11-25-18-9-15(13)20-19(25)10-23(22(20)28-12(2)26)16-8-14(27-4)6-7-17(16)24(3)21(18)23/h5-8,15,18-22H,9-11H2,1-4H3/t15-,18-,19-,20-,21-,22-,23+/m0/s1. The first-order chi connectivity index (χ1) is 13.5. The maximum Gasteiger partial charge on any atom is 0.302 e. The number of likely N-dealkylation sites (N-methyl/N-ethyl adjacent to an activating group) is 1. The van der Waals surface area contributed by atoms with E-state index in [2.05, 4.69) is 48.0 Å². The molecule has 5 aliphatic heterocycles. The van der Waals surface area contributed by atoms with Gasteiger partial charge in [0.1, 0.15) is 11.9 Å². The highest BCUT2D eigenvalue weighted by molar-refractivity contribution is 5.71. The molecule has 1 aliphatic carbocycles. The smallest absolute Gasteiger partial charge is 0.302 e. The van der Waals surface area contributed by atoms with Gasteiger partial charge in [0.25, 0.3) is 0 Å². The van der Waals surface area contributed by atoms with Gasteiger partial charge in [-0.05, 0) is 49.4 Å². The quantitative estimate of drug-likeness (QED) is 0.583. The number of carbonyl (C=O) groups excluding carboxylic acids is 1. The Labute approximate surface area is 166 Å². The summed E-state index contributed by atoms with van der Waals surface area (Å²) in [7, 11) is 3.96. The second kappa shape index (κ2) is 5.32. The van der Waals surface area contributed by atoms with Crippen molar-refractivity contribution in [3.8, 4) is 5.75 Å². The van der Waals surface area contributed by atoms with Gasteiger partial charge in [0, 0.05) is 44.2 Å². The molecule has 0 N–H and O–H groups in total. The van der Waals surface area contributed by atoms with Crippen molar-refractivity contribution in [3.63, 3.8) is 0 Å². The van der Waals surface area contributed by atoms with Crippen LogP contribution in [-0.2, 0) is 14.9 Å². The van der Waals surface area contributed by atoms with Gasteiger partial charge >= 0.3 is 5.97 Å². The van der Waals surface area contributed by atoms with Crippen LogP contribution in [0.5, 0.6) is 5.75 Å². The molecule has 5 heterocycles. The molecule has 1 aromatic rings. The van der Waals surface area contributed by atoms with Gasteiger partial charge in [-0.1, -0.05) is 11.6 Å². The minimum Gasteiger partial charge on any atom is -0.497 e. The van der Waals surface area contributed by atoms with E-state index in [9.17, 15) is 4.79 Å². The number of nitrogens with zero attached hydrogens (tertiary/aromatic N) is 2. The molecule has 5 nitrogen and oxygen atoms in total. The zero-order chi connectivity index (χ0) is 19.4. The van der Waals surface area contributed by atoms with Gasteiger partial charge in [0.2, 0.25) is 0 Å². The van der Waals surface area contributed by atoms with Crippen molar-refractivity contribution in [2.24, 2.45) is 11.8 Å². The maximum atomic E-state index is 12.2. The predicted octanol–water partition coefficient (Wildman–Crippen LogP) is 2.74. The molecule has 8 atom stereocenters. The minimum atomic E-state index is -0.152. The molecule has 148 valence electrons. The summed E-state index contributed by atoms with van der Waals surface area (Å²) >= 11 is 0. The summed E-state index contributed by atoms with van der Waals surface area (Å²) in [5.41, 5.74) is 4.02. The second-order valence-corrected chi connectivity index (χ2v) is 9.30. The van der Waals surface area contributed by atoms with Gasteiger partial charge < -0.3 is 14.4 Å². The number of ether oxygens (including phenoxy) is 2. The van der Waals surface area contributed by atoms with Crippen LogP contribution >= 0.6 is 0 Å². The van der Waals surface area contributed by atoms with Crippen molar-refractivity contribution in [1.82, 2.24) is 4.90 Å². The highest BCUT2D eigenvalue weighted by atomic mass is 16.5. The summed E-state index contributed by atoms with van der Waals surface area (Å²) in [6.45, 7) is 4.82. The fourth-order valence-corrected chi connectivity index (χ4v) is 7.83. The summed E-state index contributed by atoms with van der Waals surface area (Å²) in [4.78, 5) is 17.5. The number of fused-ring (bicyclic) bond motifs is 2. The molecule has 7 rings (SSSR count). The lowest BCUT2D eigenvalue weighted by atomic mass is 9.65. The van der Waals surface area contributed by atoms with Crippen molar-refractivity contribution >= 4 is 11.7 Å². The fraction of sp³-hybridized carbons (Fsp3) is 0.609. The van der Waals surface area contributed by atoms with Crippen LogP contribution in [-0.4, -0.2) is 55.8 Å². The average molecular weight is 380 g/mol. The van der Waals surface area contributed by atoms with Gasteiger partial charge in [-0.25, -0.2) is 0 Å². The summed E-state index contributed by atoms with van der Waals surface area (Å²) < 4.78 is 11.8. The Morgan fingerprint density at radius 1 is 1.32 bits per heavy atom. The van der Waals surface area contributed by atoms with Crippen LogP contribution in [0.3, 0.4) is 0 Å². The molecule has 5 heteroatoms. The van der Waals surface area contributed by atoms with E-state index in [0.717, 1.165) is 18.7 Å². The van der Waals surface area contributed by atoms with E-state index in [1.165, 1.54) is 17.7 Å². The van der Waals surface area contributed by atoms with Crippen LogP contribution in [0.15, 0.2) is 29.8 Å². The van der Waals surface area contributed by atoms with Crippen molar-refractivity contribution in [3.05, 3.63) is 35.4 Å². The van der Waals surface area contributed by atoms with Gasteiger partial charge in [-0.15, -0.1) is 0 Å². The highest BCUT2D eigenvalue weighted by Gasteiger charge is 2.75. The fourth-order valence-electron chi connectivity index (χ4n) is 7.83. The predicted molar refractivity (Wildman–Crippen MR) is 107 cm³/mol. The number of hydrogen-bond donors (Lipinski definition) is 0. The third-order valence-corrected chi connectivity index (χ3v) is 8.56. The van der Waals surface area contributed by atoms with Gasteiger partial charge in [0.05, 0.1) is 18.6 Å². The molecule has 5 fully saturated rings. The highest BCUT2D eigenvalue weighted by Crippen LogP contribution is 2.68. The SMILES string of the molecule is CC=C1CN2[C@H]3C[C@@]45c6cc(OC)ccc6N(C)[C@H]4[C@@H]2C[C@@H]1[C@@H]3[C@@H]5OC(C)=O. The lowest BCUT2D eigenvalue weighted by Crippen LogP contribution is -2.68. The second-order valence-electron chi connectivity index (χ2n) is 9.30. The number of hydrogen-bond acceptors (Lipinski definition) is 5. The number of anilines is 1. The molecule has 1 aromatic carbocycles. The van der Waals surface area contributed by atoms with E-state index in [1.807, 2.05) is 0 Å². The first-order valence-corrected chi connectivity index (χ1v) is 10.5. The summed E-state index contributed by atoms with van der Waals surface area (Å²) in [5.74, 6) is 1.68. The molecule has 0 aromatic heterocycles. The molecular formula is C23H28N2O3. The van der Waals surface area contributed by atoms with Gasteiger partial charge in [-0.2, -0.15) is 0 Å². The Bertz CT molecular complexity index is 911. The topological polar surface area (TPSA) is 42.0 Å². The molecule has 1 saturated carbocycles. The number of rotatable bonds is 2. The van der Waals surface area contributed by atoms with E-state index < -0.39 is 0 Å². The Morgan fingerprint density at radius 2 is 2.14 bits per heavy atom. The molecule has 1 unspecified atom stereocenters. The lowest BCUT2D eigenvalue weighted by Gasteiger charge is -2.58. The van der Waals surface area contributed by atoms with Crippen LogP contribution in [0.1, 0.15) is 32.3 Å². The van der Waals surface area contributed by atoms with Crippen LogP contribution in [0, 0.1) is 11.8 Å². The maximum absolute atomic E-state index is 12.2. The molecule has 5 bridgehead atoms. The Kier molecular flexibility index (Phi) is 3.21. The van der Waals surface area contributed by atoms with Crippen molar-refractivity contribution in [1.29, 1.82) is 0 Å². The van der Waals surface area contributed by atoms with Crippen LogP contribution in [0.25, 0.3) is 0 Å². The number of allylic oxidation sites excluding steroid dienone is 1. The third kappa shape index (κ3) is 1.71. The number of esters is 1. The van der Waals surface area contributed by atoms with Crippen molar-refractivity contribution < 1.29 is 14.3 Å². The number of piperidine rings is 4. The first kappa shape index (κ1) is 16.9. The van der Waals surface area contributed by atoms with Crippen LogP contribution in [0.2, 0.25) is 0 Å². The Balaban J connectivity index is 1.60. The lowest BCUT2D eigenvalue weighted by molar-refractivity contribution is -0.152. The molecule has 0 amide bonds. The van der Waals surface area contributed by atoms with E-state index >= 15 is 0 Å². The van der Waals surface area contributed by atoms with Crippen LogP contribution in [0.4, 0.5) is 5.69 Å². The number of carbonyl (C=O) groups is 1. The summed E-state index contributed by atoms with van der Waals surface area (Å²) in [5, 5.41) is 0. The molecule has 28 heavy (non-hydrogen) atoms. The molecule has 1 spiro atoms. The van der Waals surface area contributed by atoms with Crippen LogP contribution < -0.4 is 9.64 Å². The van der Waals surface area contributed by atoms with Crippen molar-refractivity contribution in [2.75, 3.05) is 25.6 Å². The normalized spacial score (nSPS) is 45.4. The minimum absolute atomic E-state index is 0.0638. The summed E-state index contributed by atoms with van der Waals surface area (Å²) in [6, 6.07) is 7.84. The first-order valence-electron chi connectivity index (χ1n) is 10.5. The van der Waals surface area contributed by atoms with E-state index in [1.54, 1.807) is 19.6 Å². The van der Waals surface area contributed by atoms with E-state index in [-0.39, 0.29) is 17.5 Å². The van der Waals surface area contributed by atoms with Gasteiger partial charge in [0.15, 0.2) is 0 Å². The monoisotopic (exact) mass is 380 g/mol. The zero-order valence-electron chi connectivity index (χ0n) is 17.0. The zero-order valence-corrected chi connectivity index (χ0v) is 17.0. The largest absolute Gasteiger partial charge is 0.497 e. The van der Waals surface area contributed by atoms with Gasteiger partial charge in [-0.3, -0.25) is 9.69 Å². The average Bonchev–Trinajstić information content (AvgIpc) is 3.10. The Hall–Kier alpha value is -2.01. The number of benzene rings is 1. The molecule has 4 saturated heterocycles. The molecular weight excluding hydrogens is 352 g/mol. The summed E-state index contributed by atoms with van der Waals surface area (Å²) in [6.07, 6.45) is 4.50. The van der Waals surface area contributed by atoms with E-state index in [0.29, 0.717) is 30.0 Å². The number of methoxy groups -OCH3 is 1. The van der Waals surface area contributed by atoms with E-state index in [4.69, 9.17) is 9.47 Å².